The quantitative estimate of drug-likeness (QED) is 0.601. The van der Waals surface area contributed by atoms with Crippen LogP contribution < -0.4 is 19.5 Å². The molecule has 9 nitrogen and oxygen atoms in total. The maximum atomic E-state index is 13.1. The molecule has 1 fully saturated rings. The van der Waals surface area contributed by atoms with Crippen LogP contribution in [0, 0.1) is 0 Å². The molecule has 2 aromatic carbocycles. The zero-order chi connectivity index (χ0) is 23.1. The molecular formula is C22H28N2O7S. The Kier molecular flexibility index (Phi) is 7.94. The van der Waals surface area contributed by atoms with Gasteiger partial charge in [-0.25, -0.2) is 8.42 Å². The molecule has 3 rings (SSSR count). The molecular weight excluding hydrogens is 436 g/mol. The number of hydrogen-bond acceptors (Lipinski definition) is 7. The van der Waals surface area contributed by atoms with Crippen molar-refractivity contribution >= 4 is 15.9 Å². The van der Waals surface area contributed by atoms with Crippen molar-refractivity contribution in [3.63, 3.8) is 0 Å². The van der Waals surface area contributed by atoms with E-state index in [0.717, 1.165) is 5.56 Å². The number of nitrogens with one attached hydrogen (secondary N) is 1. The van der Waals surface area contributed by atoms with Gasteiger partial charge in [0, 0.05) is 25.7 Å². The second kappa shape index (κ2) is 10.7. The molecule has 1 heterocycles. The van der Waals surface area contributed by atoms with Crippen molar-refractivity contribution in [1.29, 1.82) is 0 Å². The summed E-state index contributed by atoms with van der Waals surface area (Å²) in [4.78, 5) is 12.6. The molecule has 1 amide bonds. The molecule has 1 N–H and O–H groups in total. The smallest absolute Gasteiger partial charge is 0.246 e. The molecule has 0 unspecified atom stereocenters. The van der Waals surface area contributed by atoms with E-state index in [1.165, 1.54) is 17.5 Å². The lowest BCUT2D eigenvalue weighted by Gasteiger charge is -2.26. The zero-order valence-corrected chi connectivity index (χ0v) is 19.2. The first-order valence-corrected chi connectivity index (χ1v) is 11.5. The number of benzene rings is 2. The topological polar surface area (TPSA) is 103 Å². The lowest BCUT2D eigenvalue weighted by molar-refractivity contribution is -0.120. The molecule has 0 saturated carbocycles. The van der Waals surface area contributed by atoms with Gasteiger partial charge in [-0.15, -0.1) is 0 Å². The summed E-state index contributed by atoms with van der Waals surface area (Å²) < 4.78 is 48.6. The third-order valence-electron chi connectivity index (χ3n) is 5.08. The summed E-state index contributed by atoms with van der Waals surface area (Å²) in [6.07, 6.45) is 0.0245. The number of carbonyl (C=O) groups is 1. The summed E-state index contributed by atoms with van der Waals surface area (Å²) in [5.74, 6) is 1.25. The first-order valence-electron chi connectivity index (χ1n) is 10.1. The lowest BCUT2D eigenvalue weighted by atomic mass is 10.1. The van der Waals surface area contributed by atoms with E-state index in [4.69, 9.17) is 18.9 Å². The van der Waals surface area contributed by atoms with E-state index >= 15 is 0 Å². The van der Waals surface area contributed by atoms with E-state index in [1.807, 2.05) is 12.1 Å². The normalized spacial score (nSPS) is 14.6. The predicted octanol–water partition coefficient (Wildman–Crippen LogP) is 1.59. The fourth-order valence-electron chi connectivity index (χ4n) is 3.38. The third kappa shape index (κ3) is 5.70. The Morgan fingerprint density at radius 1 is 0.969 bits per heavy atom. The Balaban J connectivity index is 1.72. The van der Waals surface area contributed by atoms with Gasteiger partial charge in [-0.2, -0.15) is 4.31 Å². The average molecular weight is 465 g/mol. The van der Waals surface area contributed by atoms with Crippen LogP contribution in [-0.4, -0.2) is 66.3 Å². The monoisotopic (exact) mass is 464 g/mol. The summed E-state index contributed by atoms with van der Waals surface area (Å²) in [5.41, 5.74) is 1.39. The SMILES string of the molecule is COc1cc(CNC(=O)Cc2ccc(OC)c(S(=O)(=O)N3CCOCC3)c2)cc(OC)c1. The molecule has 32 heavy (non-hydrogen) atoms. The largest absolute Gasteiger partial charge is 0.497 e. The van der Waals surface area contributed by atoms with Crippen molar-refractivity contribution in [2.75, 3.05) is 47.6 Å². The van der Waals surface area contributed by atoms with E-state index in [2.05, 4.69) is 5.32 Å². The van der Waals surface area contributed by atoms with Crippen molar-refractivity contribution in [2.45, 2.75) is 17.9 Å². The number of methoxy groups -OCH3 is 3. The molecule has 0 atom stereocenters. The minimum Gasteiger partial charge on any atom is -0.497 e. The van der Waals surface area contributed by atoms with Crippen LogP contribution in [0.5, 0.6) is 17.2 Å². The van der Waals surface area contributed by atoms with Gasteiger partial charge in [-0.1, -0.05) is 6.07 Å². The van der Waals surface area contributed by atoms with Gasteiger partial charge in [-0.05, 0) is 35.4 Å². The Hall–Kier alpha value is -2.82. The van der Waals surface area contributed by atoms with Crippen molar-refractivity contribution in [3.05, 3.63) is 47.5 Å². The highest BCUT2D eigenvalue weighted by atomic mass is 32.2. The number of hydrogen-bond donors (Lipinski definition) is 1. The number of ether oxygens (including phenoxy) is 4. The van der Waals surface area contributed by atoms with E-state index in [1.54, 1.807) is 32.4 Å². The van der Waals surface area contributed by atoms with Gasteiger partial charge in [0.25, 0.3) is 0 Å². The van der Waals surface area contributed by atoms with Crippen LogP contribution in [0.2, 0.25) is 0 Å². The molecule has 0 radical (unpaired) electrons. The molecule has 1 saturated heterocycles. The molecule has 1 aliphatic heterocycles. The molecule has 10 heteroatoms. The summed E-state index contributed by atoms with van der Waals surface area (Å²) in [6.45, 7) is 1.53. The molecule has 0 aliphatic carbocycles. The minimum absolute atomic E-state index is 0.0245. The molecule has 174 valence electrons. The lowest BCUT2D eigenvalue weighted by Crippen LogP contribution is -2.40. The van der Waals surface area contributed by atoms with Crippen molar-refractivity contribution in [3.8, 4) is 17.2 Å². The average Bonchev–Trinajstić information content (AvgIpc) is 2.83. The maximum absolute atomic E-state index is 13.1. The van der Waals surface area contributed by atoms with Gasteiger partial charge in [-0.3, -0.25) is 4.79 Å². The predicted molar refractivity (Wildman–Crippen MR) is 118 cm³/mol. The summed E-state index contributed by atoms with van der Waals surface area (Å²) in [6, 6.07) is 10.1. The van der Waals surface area contributed by atoms with Crippen LogP contribution in [0.15, 0.2) is 41.3 Å². The van der Waals surface area contributed by atoms with E-state index in [-0.39, 0.29) is 42.6 Å². The zero-order valence-electron chi connectivity index (χ0n) is 18.4. The fourth-order valence-corrected chi connectivity index (χ4v) is 4.99. The standard InChI is InChI=1S/C22H28N2O7S/c1-28-18-10-17(11-19(14-18)29-2)15-23-22(25)13-16-4-5-20(30-3)21(12-16)32(26,27)24-6-8-31-9-7-24/h4-5,10-12,14H,6-9,13,15H2,1-3H3,(H,23,25). The highest BCUT2D eigenvalue weighted by Crippen LogP contribution is 2.28. The van der Waals surface area contributed by atoms with Crippen molar-refractivity contribution in [1.82, 2.24) is 9.62 Å². The molecule has 0 aromatic heterocycles. The number of morpholine rings is 1. The maximum Gasteiger partial charge on any atom is 0.246 e. The number of sulfonamides is 1. The van der Waals surface area contributed by atoms with E-state index in [9.17, 15) is 13.2 Å². The fraction of sp³-hybridized carbons (Fsp3) is 0.409. The summed E-state index contributed by atoms with van der Waals surface area (Å²) in [5, 5.41) is 2.84. The Labute approximate surface area is 188 Å². The van der Waals surface area contributed by atoms with Crippen LogP contribution in [0.25, 0.3) is 0 Å². The molecule has 0 spiro atoms. The first kappa shape index (κ1) is 23.8. The third-order valence-corrected chi connectivity index (χ3v) is 7.00. The number of rotatable bonds is 9. The van der Waals surface area contributed by atoms with Gasteiger partial charge >= 0.3 is 0 Å². The van der Waals surface area contributed by atoms with Crippen molar-refractivity contribution in [2.24, 2.45) is 0 Å². The Bertz CT molecular complexity index is 1030. The molecule has 2 aromatic rings. The Morgan fingerprint density at radius 2 is 1.62 bits per heavy atom. The van der Waals surface area contributed by atoms with Gasteiger partial charge in [0.15, 0.2) is 0 Å². The summed E-state index contributed by atoms with van der Waals surface area (Å²) >= 11 is 0. The second-order valence-electron chi connectivity index (χ2n) is 7.18. The van der Waals surface area contributed by atoms with Gasteiger partial charge < -0.3 is 24.3 Å². The van der Waals surface area contributed by atoms with Gasteiger partial charge in [0.2, 0.25) is 15.9 Å². The van der Waals surface area contributed by atoms with Crippen molar-refractivity contribution < 1.29 is 32.2 Å². The van der Waals surface area contributed by atoms with Gasteiger partial charge in [0.05, 0.1) is 41.0 Å². The number of nitrogens with zero attached hydrogens (tertiary/aromatic N) is 1. The van der Waals surface area contributed by atoms with E-state index < -0.39 is 10.0 Å². The van der Waals surface area contributed by atoms with Gasteiger partial charge in [0.1, 0.15) is 22.1 Å². The number of amides is 1. The van der Waals surface area contributed by atoms with Crippen LogP contribution in [0.3, 0.4) is 0 Å². The van der Waals surface area contributed by atoms with Crippen LogP contribution in [0.1, 0.15) is 11.1 Å². The highest BCUT2D eigenvalue weighted by Gasteiger charge is 2.29. The van der Waals surface area contributed by atoms with E-state index in [0.29, 0.717) is 30.3 Å². The van der Waals surface area contributed by atoms with Crippen LogP contribution in [0.4, 0.5) is 0 Å². The first-order chi connectivity index (χ1) is 15.4. The minimum atomic E-state index is -3.76. The Morgan fingerprint density at radius 3 is 2.22 bits per heavy atom. The second-order valence-corrected chi connectivity index (χ2v) is 9.08. The molecule has 0 bridgehead atoms. The number of carbonyl (C=O) groups excluding carboxylic acids is 1. The summed E-state index contributed by atoms with van der Waals surface area (Å²) in [7, 11) is 0.772. The van der Waals surface area contributed by atoms with Crippen LogP contribution in [-0.2, 0) is 32.5 Å². The van der Waals surface area contributed by atoms with Crippen LogP contribution >= 0.6 is 0 Å². The molecule has 1 aliphatic rings. The highest BCUT2D eigenvalue weighted by molar-refractivity contribution is 7.89.